The molecule has 1 aliphatic carbocycles. The van der Waals surface area contributed by atoms with Gasteiger partial charge < -0.3 is 28.6 Å². The molecular formula is C24H29NO6. The van der Waals surface area contributed by atoms with Crippen LogP contribution in [-0.4, -0.2) is 57.9 Å². The van der Waals surface area contributed by atoms with Crippen LogP contribution in [0.5, 0.6) is 28.7 Å². The monoisotopic (exact) mass is 427 g/mol. The first-order valence-electron chi connectivity index (χ1n) is 10.5. The van der Waals surface area contributed by atoms with Gasteiger partial charge >= 0.3 is 0 Å². The highest BCUT2D eigenvalue weighted by Gasteiger charge is 2.48. The van der Waals surface area contributed by atoms with Gasteiger partial charge in [-0.15, -0.1) is 0 Å². The van der Waals surface area contributed by atoms with E-state index in [0.29, 0.717) is 35.3 Å². The van der Waals surface area contributed by atoms with E-state index in [-0.39, 0.29) is 18.0 Å². The largest absolute Gasteiger partial charge is 0.497 e. The van der Waals surface area contributed by atoms with Crippen LogP contribution in [-0.2, 0) is 0 Å². The molecule has 0 spiro atoms. The van der Waals surface area contributed by atoms with E-state index >= 15 is 0 Å². The third kappa shape index (κ3) is 3.96. The summed E-state index contributed by atoms with van der Waals surface area (Å²) < 4.78 is 27.6. The number of likely N-dealkylation sites (tertiary alicyclic amines) is 1. The highest BCUT2D eigenvalue weighted by Crippen LogP contribution is 2.45. The van der Waals surface area contributed by atoms with E-state index in [1.807, 2.05) is 29.2 Å². The lowest BCUT2D eigenvalue weighted by atomic mass is 9.98. The molecule has 0 radical (unpaired) electrons. The maximum absolute atomic E-state index is 13.6. The van der Waals surface area contributed by atoms with Crippen molar-refractivity contribution >= 4 is 5.91 Å². The molecule has 7 heteroatoms. The smallest absolute Gasteiger partial charge is 0.254 e. The molecule has 1 saturated heterocycles. The second-order valence-corrected chi connectivity index (χ2v) is 7.91. The Morgan fingerprint density at radius 2 is 1.65 bits per heavy atom. The first-order chi connectivity index (χ1) is 15.1. The molecule has 2 fully saturated rings. The van der Waals surface area contributed by atoms with Crippen LogP contribution in [0.2, 0.25) is 0 Å². The Kier molecular flexibility index (Phi) is 6.11. The highest BCUT2D eigenvalue weighted by atomic mass is 16.5. The summed E-state index contributed by atoms with van der Waals surface area (Å²) in [5.41, 5.74) is 0.522. The maximum atomic E-state index is 13.6. The number of nitrogens with zero attached hydrogens (tertiary/aromatic N) is 1. The summed E-state index contributed by atoms with van der Waals surface area (Å²) >= 11 is 0. The van der Waals surface area contributed by atoms with Gasteiger partial charge in [0.2, 0.25) is 5.75 Å². The molecule has 166 valence electrons. The van der Waals surface area contributed by atoms with Crippen LogP contribution in [0.1, 0.15) is 29.6 Å². The maximum Gasteiger partial charge on any atom is 0.254 e. The minimum Gasteiger partial charge on any atom is -0.497 e. The van der Waals surface area contributed by atoms with E-state index in [1.165, 1.54) is 0 Å². The van der Waals surface area contributed by atoms with E-state index in [1.54, 1.807) is 40.6 Å². The van der Waals surface area contributed by atoms with Crippen LogP contribution >= 0.6 is 0 Å². The van der Waals surface area contributed by atoms with Crippen molar-refractivity contribution in [2.75, 3.05) is 35.0 Å². The first kappa shape index (κ1) is 21.2. The van der Waals surface area contributed by atoms with Crippen LogP contribution in [0.25, 0.3) is 0 Å². The molecule has 0 unspecified atom stereocenters. The Bertz CT molecular complexity index is 920. The zero-order valence-corrected chi connectivity index (χ0v) is 18.4. The summed E-state index contributed by atoms with van der Waals surface area (Å²) in [4.78, 5) is 15.6. The first-order valence-corrected chi connectivity index (χ1v) is 10.5. The van der Waals surface area contributed by atoms with Crippen molar-refractivity contribution < 1.29 is 28.5 Å². The minimum atomic E-state index is -0.0364. The van der Waals surface area contributed by atoms with Crippen LogP contribution in [0.15, 0.2) is 36.4 Å². The van der Waals surface area contributed by atoms with Gasteiger partial charge in [0.15, 0.2) is 11.5 Å². The number of amides is 1. The molecule has 0 N–H and O–H groups in total. The summed E-state index contributed by atoms with van der Waals surface area (Å²) in [5.74, 6) is 3.31. The molecule has 1 amide bonds. The molecule has 2 aromatic rings. The van der Waals surface area contributed by atoms with Gasteiger partial charge in [0.25, 0.3) is 5.91 Å². The number of hydrogen-bond donors (Lipinski definition) is 0. The summed E-state index contributed by atoms with van der Waals surface area (Å²) in [6, 6.07) is 11.2. The van der Waals surface area contributed by atoms with Crippen molar-refractivity contribution in [3.63, 3.8) is 0 Å². The SMILES string of the molecule is COc1cccc(OC[C@@H]2[C@@H]3CC[C@@H](C3)N2C(=O)c2cc(OC)c(OC)c(OC)c2)c1. The van der Waals surface area contributed by atoms with Gasteiger partial charge in [-0.3, -0.25) is 4.79 Å². The lowest BCUT2D eigenvalue weighted by Crippen LogP contribution is -2.47. The fraction of sp³-hybridized carbons (Fsp3) is 0.458. The van der Waals surface area contributed by atoms with Gasteiger partial charge in [-0.25, -0.2) is 0 Å². The number of hydrogen-bond acceptors (Lipinski definition) is 6. The second-order valence-electron chi connectivity index (χ2n) is 7.91. The van der Waals surface area contributed by atoms with Gasteiger partial charge in [-0.2, -0.15) is 0 Å². The predicted molar refractivity (Wildman–Crippen MR) is 116 cm³/mol. The number of carbonyl (C=O) groups excluding carboxylic acids is 1. The van der Waals surface area contributed by atoms with Crippen LogP contribution < -0.4 is 23.7 Å². The number of benzene rings is 2. The topological polar surface area (TPSA) is 66.5 Å². The molecule has 1 aliphatic heterocycles. The zero-order valence-electron chi connectivity index (χ0n) is 18.4. The van der Waals surface area contributed by atoms with E-state index < -0.39 is 0 Å². The lowest BCUT2D eigenvalue weighted by molar-refractivity contribution is 0.0505. The van der Waals surface area contributed by atoms with Crippen molar-refractivity contribution in [2.24, 2.45) is 5.92 Å². The predicted octanol–water partition coefficient (Wildman–Crippen LogP) is 3.79. The quantitative estimate of drug-likeness (QED) is 0.639. The third-order valence-corrected chi connectivity index (χ3v) is 6.35. The Balaban J connectivity index is 1.57. The lowest BCUT2D eigenvalue weighted by Gasteiger charge is -2.35. The average Bonchev–Trinajstić information content (AvgIpc) is 3.43. The molecule has 2 aromatic carbocycles. The van der Waals surface area contributed by atoms with Crippen molar-refractivity contribution in [1.82, 2.24) is 4.90 Å². The van der Waals surface area contributed by atoms with Gasteiger partial charge in [0.1, 0.15) is 18.1 Å². The van der Waals surface area contributed by atoms with Crippen LogP contribution in [0, 0.1) is 5.92 Å². The molecule has 2 aliphatic rings. The molecule has 1 heterocycles. The fourth-order valence-electron chi connectivity index (χ4n) is 4.85. The Morgan fingerprint density at radius 3 is 2.29 bits per heavy atom. The number of carbonyl (C=O) groups is 1. The number of piperidine rings is 1. The normalized spacial score (nSPS) is 21.7. The molecule has 31 heavy (non-hydrogen) atoms. The van der Waals surface area contributed by atoms with Gasteiger partial charge in [0, 0.05) is 17.7 Å². The second kappa shape index (κ2) is 8.96. The van der Waals surface area contributed by atoms with E-state index in [4.69, 9.17) is 23.7 Å². The van der Waals surface area contributed by atoms with Gasteiger partial charge in [-0.1, -0.05) is 6.07 Å². The van der Waals surface area contributed by atoms with Crippen molar-refractivity contribution in [3.05, 3.63) is 42.0 Å². The van der Waals surface area contributed by atoms with Crippen molar-refractivity contribution in [1.29, 1.82) is 0 Å². The summed E-state index contributed by atoms with van der Waals surface area (Å²) in [5, 5.41) is 0. The Morgan fingerprint density at radius 1 is 0.935 bits per heavy atom. The average molecular weight is 427 g/mol. The number of fused-ring (bicyclic) bond motifs is 2. The fourth-order valence-corrected chi connectivity index (χ4v) is 4.85. The third-order valence-electron chi connectivity index (χ3n) is 6.35. The Labute approximate surface area is 182 Å². The molecule has 4 rings (SSSR count). The van der Waals surface area contributed by atoms with Crippen molar-refractivity contribution in [2.45, 2.75) is 31.3 Å². The minimum absolute atomic E-state index is 0.0246. The number of rotatable bonds is 8. The van der Waals surface area contributed by atoms with E-state index in [2.05, 4.69) is 0 Å². The highest BCUT2D eigenvalue weighted by molar-refractivity contribution is 5.96. The summed E-state index contributed by atoms with van der Waals surface area (Å²) in [7, 11) is 6.28. The standard InChI is InChI=1S/C24H29NO6/c1-27-18-6-5-7-19(13-18)31-14-20-15-8-9-17(10-15)25(20)24(26)16-11-21(28-2)23(30-4)22(12-16)29-3/h5-7,11-13,15,17,20H,8-10,14H2,1-4H3/t15-,17+,20-/m1/s1. The summed E-state index contributed by atoms with van der Waals surface area (Å²) in [6.07, 6.45) is 3.16. The van der Waals surface area contributed by atoms with E-state index in [0.717, 1.165) is 30.8 Å². The molecule has 7 nitrogen and oxygen atoms in total. The summed E-state index contributed by atoms with van der Waals surface area (Å²) in [6.45, 7) is 0.449. The van der Waals surface area contributed by atoms with Gasteiger partial charge in [-0.05, 0) is 49.4 Å². The van der Waals surface area contributed by atoms with Crippen LogP contribution in [0.4, 0.5) is 0 Å². The zero-order chi connectivity index (χ0) is 22.0. The number of methoxy groups -OCH3 is 4. The van der Waals surface area contributed by atoms with Crippen LogP contribution in [0.3, 0.4) is 0 Å². The molecule has 0 aromatic heterocycles. The van der Waals surface area contributed by atoms with E-state index in [9.17, 15) is 4.79 Å². The molecule has 1 saturated carbocycles. The molecule has 3 atom stereocenters. The van der Waals surface area contributed by atoms with Gasteiger partial charge in [0.05, 0.1) is 34.5 Å². The molecule has 2 bridgehead atoms. The Hall–Kier alpha value is -3.09. The molecular weight excluding hydrogens is 398 g/mol. The number of ether oxygens (including phenoxy) is 5. The van der Waals surface area contributed by atoms with Crippen molar-refractivity contribution in [3.8, 4) is 28.7 Å².